The van der Waals surface area contributed by atoms with Gasteiger partial charge in [0.2, 0.25) is 0 Å². The SMILES string of the molecule is C=CCc1cc(/C=c2\sc3n(c2=O)[C@H](c2ccc(OC(C)C)c(OC)c2)C(C(=O)OCC)=C(C)N=3)cc(OCC)c1OCc1ccccc1F. The average molecular weight is 701 g/mol. The Bertz CT molecular complexity index is 2120. The van der Waals surface area contributed by atoms with E-state index in [1.807, 2.05) is 32.9 Å². The first-order valence-electron chi connectivity index (χ1n) is 16.4. The summed E-state index contributed by atoms with van der Waals surface area (Å²) in [4.78, 5) is 32.8. The van der Waals surface area contributed by atoms with E-state index in [9.17, 15) is 14.0 Å². The molecule has 262 valence electrons. The zero-order valence-corrected chi connectivity index (χ0v) is 29.9. The van der Waals surface area contributed by atoms with Crippen LogP contribution in [0.15, 0.2) is 88.3 Å². The minimum absolute atomic E-state index is 0.00630. The second-order valence-corrected chi connectivity index (χ2v) is 12.7. The number of rotatable bonds is 14. The number of fused-ring (bicyclic) bond motifs is 1. The lowest BCUT2D eigenvalue weighted by atomic mass is 9.95. The lowest BCUT2D eigenvalue weighted by Gasteiger charge is -2.25. The Morgan fingerprint density at radius 3 is 2.50 bits per heavy atom. The van der Waals surface area contributed by atoms with E-state index in [-0.39, 0.29) is 36.3 Å². The van der Waals surface area contributed by atoms with Crippen molar-refractivity contribution in [1.82, 2.24) is 4.57 Å². The Kier molecular flexibility index (Phi) is 11.6. The molecule has 0 spiro atoms. The number of hydrogen-bond donors (Lipinski definition) is 0. The van der Waals surface area contributed by atoms with Gasteiger partial charge in [-0.3, -0.25) is 9.36 Å². The van der Waals surface area contributed by atoms with Gasteiger partial charge in [-0.1, -0.05) is 41.7 Å². The van der Waals surface area contributed by atoms with Gasteiger partial charge < -0.3 is 23.7 Å². The number of carbonyl (C=O) groups excluding carboxylic acids is 1. The summed E-state index contributed by atoms with van der Waals surface area (Å²) in [7, 11) is 1.54. The first-order valence-corrected chi connectivity index (χ1v) is 17.2. The fraction of sp³-hybridized carbons (Fsp3) is 0.308. The summed E-state index contributed by atoms with van der Waals surface area (Å²) in [5.41, 5.74) is 2.86. The molecule has 50 heavy (non-hydrogen) atoms. The smallest absolute Gasteiger partial charge is 0.338 e. The van der Waals surface area contributed by atoms with E-state index in [1.165, 1.54) is 22.0 Å². The van der Waals surface area contributed by atoms with Gasteiger partial charge >= 0.3 is 5.97 Å². The molecule has 0 unspecified atom stereocenters. The van der Waals surface area contributed by atoms with Crippen LogP contribution >= 0.6 is 11.3 Å². The molecule has 0 saturated carbocycles. The molecule has 1 aromatic heterocycles. The minimum atomic E-state index is -0.834. The largest absolute Gasteiger partial charge is 0.493 e. The number of nitrogens with zero attached hydrogens (tertiary/aromatic N) is 2. The van der Waals surface area contributed by atoms with E-state index < -0.39 is 12.0 Å². The van der Waals surface area contributed by atoms with Crippen LogP contribution in [-0.4, -0.2) is 37.0 Å². The molecule has 11 heteroatoms. The molecule has 0 bridgehead atoms. The molecule has 0 radical (unpaired) electrons. The van der Waals surface area contributed by atoms with Crippen molar-refractivity contribution >= 4 is 23.4 Å². The highest BCUT2D eigenvalue weighted by Crippen LogP contribution is 2.37. The van der Waals surface area contributed by atoms with Crippen molar-refractivity contribution in [3.8, 4) is 23.0 Å². The summed E-state index contributed by atoms with van der Waals surface area (Å²) in [6.07, 6.45) is 3.85. The van der Waals surface area contributed by atoms with Crippen molar-refractivity contribution in [2.24, 2.45) is 4.99 Å². The van der Waals surface area contributed by atoms with Crippen molar-refractivity contribution in [2.75, 3.05) is 20.3 Å². The predicted octanol–water partition coefficient (Wildman–Crippen LogP) is 6.44. The number of esters is 1. The number of benzene rings is 3. The van der Waals surface area contributed by atoms with Crippen LogP contribution in [0.1, 0.15) is 62.9 Å². The summed E-state index contributed by atoms with van der Waals surface area (Å²) in [5.74, 6) is 1.01. The highest BCUT2D eigenvalue weighted by Gasteiger charge is 2.34. The zero-order chi connectivity index (χ0) is 35.9. The van der Waals surface area contributed by atoms with Crippen LogP contribution in [0.25, 0.3) is 6.08 Å². The van der Waals surface area contributed by atoms with Gasteiger partial charge in [0.1, 0.15) is 12.4 Å². The average Bonchev–Trinajstić information content (AvgIpc) is 3.38. The van der Waals surface area contributed by atoms with Gasteiger partial charge in [-0.25, -0.2) is 14.2 Å². The van der Waals surface area contributed by atoms with E-state index in [4.69, 9.17) is 28.7 Å². The molecule has 0 fully saturated rings. The maximum Gasteiger partial charge on any atom is 0.338 e. The van der Waals surface area contributed by atoms with Crippen LogP contribution in [0.5, 0.6) is 23.0 Å². The molecular weight excluding hydrogens is 660 g/mol. The maximum atomic E-state index is 14.4. The van der Waals surface area contributed by atoms with Gasteiger partial charge in [0, 0.05) is 11.1 Å². The predicted molar refractivity (Wildman–Crippen MR) is 191 cm³/mol. The molecular formula is C39H41FN2O7S. The summed E-state index contributed by atoms with van der Waals surface area (Å²) in [5, 5.41) is 0. The molecule has 5 rings (SSSR count). The van der Waals surface area contributed by atoms with E-state index >= 15 is 0 Å². The van der Waals surface area contributed by atoms with Gasteiger partial charge in [-0.15, -0.1) is 6.58 Å². The number of halogens is 1. The fourth-order valence-corrected chi connectivity index (χ4v) is 6.78. The highest BCUT2D eigenvalue weighted by molar-refractivity contribution is 7.07. The lowest BCUT2D eigenvalue weighted by Crippen LogP contribution is -2.40. The molecule has 1 aliphatic heterocycles. The van der Waals surface area contributed by atoms with Crippen molar-refractivity contribution in [1.29, 1.82) is 0 Å². The third-order valence-corrected chi connectivity index (χ3v) is 8.81. The molecule has 4 aromatic rings. The van der Waals surface area contributed by atoms with Crippen LogP contribution in [0.4, 0.5) is 4.39 Å². The summed E-state index contributed by atoms with van der Waals surface area (Å²) in [6, 6.07) is 14.6. The first kappa shape index (κ1) is 36.1. The number of methoxy groups -OCH3 is 1. The number of ether oxygens (including phenoxy) is 5. The summed E-state index contributed by atoms with van der Waals surface area (Å²) in [6.45, 7) is 13.6. The molecule has 2 heterocycles. The Hall–Kier alpha value is -5.16. The van der Waals surface area contributed by atoms with Crippen LogP contribution in [-0.2, 0) is 22.6 Å². The van der Waals surface area contributed by atoms with Gasteiger partial charge in [0.15, 0.2) is 27.8 Å². The number of thiazole rings is 1. The zero-order valence-electron chi connectivity index (χ0n) is 29.1. The third kappa shape index (κ3) is 7.68. The first-order chi connectivity index (χ1) is 24.1. The van der Waals surface area contributed by atoms with E-state index in [2.05, 4.69) is 6.58 Å². The van der Waals surface area contributed by atoms with Crippen LogP contribution in [0.2, 0.25) is 0 Å². The second-order valence-electron chi connectivity index (χ2n) is 11.7. The highest BCUT2D eigenvalue weighted by atomic mass is 32.1. The van der Waals surface area contributed by atoms with Crippen LogP contribution < -0.4 is 33.8 Å². The lowest BCUT2D eigenvalue weighted by molar-refractivity contribution is -0.139. The number of allylic oxidation sites excluding steroid dienone is 2. The number of hydrogen-bond acceptors (Lipinski definition) is 9. The topological polar surface area (TPSA) is 97.6 Å². The van der Waals surface area contributed by atoms with Crippen molar-refractivity contribution in [2.45, 2.75) is 59.8 Å². The Morgan fingerprint density at radius 1 is 1.04 bits per heavy atom. The molecule has 0 aliphatic carbocycles. The second kappa shape index (κ2) is 16.0. The summed E-state index contributed by atoms with van der Waals surface area (Å²) < 4.78 is 45.4. The third-order valence-electron chi connectivity index (χ3n) is 7.83. The van der Waals surface area contributed by atoms with Gasteiger partial charge in [0.25, 0.3) is 5.56 Å². The Balaban J connectivity index is 1.65. The maximum absolute atomic E-state index is 14.4. The Morgan fingerprint density at radius 2 is 1.82 bits per heavy atom. The van der Waals surface area contributed by atoms with Crippen LogP contribution in [0.3, 0.4) is 0 Å². The normalized spacial score (nSPS) is 14.2. The molecule has 0 saturated heterocycles. The molecule has 1 atom stereocenters. The number of aromatic nitrogens is 1. The number of carbonyl (C=O) groups is 1. The monoisotopic (exact) mass is 700 g/mol. The Labute approximate surface area is 294 Å². The van der Waals surface area contributed by atoms with Gasteiger partial charge in [-0.2, -0.15) is 0 Å². The van der Waals surface area contributed by atoms with Crippen molar-refractivity contribution in [3.05, 3.63) is 126 Å². The van der Waals surface area contributed by atoms with E-state index in [0.29, 0.717) is 67.7 Å². The van der Waals surface area contributed by atoms with Crippen LogP contribution in [0, 0.1) is 5.82 Å². The standard InChI is InChI=1S/C39H41FN2O7S/c1-8-13-27-18-25(19-32(46-9-2)36(27)48-22-28-14-11-12-15-29(28)40)20-33-37(43)42-35(26-16-17-30(49-23(4)5)31(21-26)45-7)34(38(44)47-10-3)24(6)41-39(42)50-33/h8,11-12,14-21,23,35H,1,9-10,13,22H2,2-7H3/b33-20-/t35-/m1/s1. The van der Waals surface area contributed by atoms with E-state index in [0.717, 1.165) is 5.56 Å². The minimum Gasteiger partial charge on any atom is -0.493 e. The van der Waals surface area contributed by atoms with Gasteiger partial charge in [0.05, 0.1) is 48.3 Å². The molecule has 9 nitrogen and oxygen atoms in total. The summed E-state index contributed by atoms with van der Waals surface area (Å²) >= 11 is 1.21. The molecule has 1 aliphatic rings. The molecule has 3 aromatic carbocycles. The molecule has 0 N–H and O–H groups in total. The fourth-order valence-electron chi connectivity index (χ4n) is 5.73. The quantitative estimate of drug-likeness (QED) is 0.110. The van der Waals surface area contributed by atoms with Crippen molar-refractivity contribution in [3.63, 3.8) is 0 Å². The van der Waals surface area contributed by atoms with Crippen molar-refractivity contribution < 1.29 is 32.9 Å². The van der Waals surface area contributed by atoms with E-state index in [1.54, 1.807) is 69.5 Å². The van der Waals surface area contributed by atoms with Gasteiger partial charge in [-0.05, 0) is 88.6 Å². The molecule has 0 amide bonds.